The zero-order valence-electron chi connectivity index (χ0n) is 15.6. The van der Waals surface area contributed by atoms with Gasteiger partial charge in [-0.25, -0.2) is 0 Å². The first kappa shape index (κ1) is 19.2. The van der Waals surface area contributed by atoms with Gasteiger partial charge in [0.1, 0.15) is 11.5 Å². The molecule has 3 heteroatoms. The summed E-state index contributed by atoms with van der Waals surface area (Å²) in [5.74, 6) is 1.87. The third-order valence-electron chi connectivity index (χ3n) is 4.10. The van der Waals surface area contributed by atoms with Crippen LogP contribution in [0.4, 0.5) is 5.69 Å². The van der Waals surface area contributed by atoms with Gasteiger partial charge < -0.3 is 14.8 Å². The summed E-state index contributed by atoms with van der Waals surface area (Å²) < 4.78 is 11.3. The first-order chi connectivity index (χ1) is 12.3. The van der Waals surface area contributed by atoms with Gasteiger partial charge in [0.25, 0.3) is 0 Å². The van der Waals surface area contributed by atoms with Crippen LogP contribution in [0.5, 0.6) is 11.5 Å². The van der Waals surface area contributed by atoms with E-state index in [0.717, 1.165) is 36.8 Å². The highest BCUT2D eigenvalue weighted by molar-refractivity contribution is 5.47. The van der Waals surface area contributed by atoms with E-state index in [9.17, 15) is 0 Å². The lowest BCUT2D eigenvalue weighted by molar-refractivity contribution is 0.304. The molecule has 0 heterocycles. The van der Waals surface area contributed by atoms with E-state index in [2.05, 4.69) is 36.5 Å². The van der Waals surface area contributed by atoms with E-state index in [4.69, 9.17) is 9.47 Å². The molecule has 0 saturated heterocycles. The van der Waals surface area contributed by atoms with Crippen molar-refractivity contribution in [2.24, 2.45) is 0 Å². The fraction of sp³-hybridized carbons (Fsp3) is 0.455. The molecule has 0 fully saturated rings. The van der Waals surface area contributed by atoms with E-state index >= 15 is 0 Å². The number of ether oxygens (including phenoxy) is 2. The molecule has 25 heavy (non-hydrogen) atoms. The van der Waals surface area contributed by atoms with Crippen LogP contribution in [0, 0.1) is 0 Å². The Balaban J connectivity index is 1.69. The van der Waals surface area contributed by atoms with Crippen LogP contribution in [0.15, 0.2) is 48.5 Å². The molecule has 0 aliphatic carbocycles. The van der Waals surface area contributed by atoms with Crippen LogP contribution >= 0.6 is 0 Å². The molecule has 0 aliphatic rings. The van der Waals surface area contributed by atoms with E-state index < -0.39 is 0 Å². The highest BCUT2D eigenvalue weighted by Gasteiger charge is 1.98. The Labute approximate surface area is 152 Å². The molecule has 0 bridgehead atoms. The normalized spacial score (nSPS) is 10.5. The van der Waals surface area contributed by atoms with Gasteiger partial charge >= 0.3 is 0 Å². The molecular weight excluding hydrogens is 310 g/mol. The van der Waals surface area contributed by atoms with Crippen molar-refractivity contribution in [1.29, 1.82) is 0 Å². The van der Waals surface area contributed by atoms with Crippen molar-refractivity contribution in [1.82, 2.24) is 0 Å². The van der Waals surface area contributed by atoms with Crippen molar-refractivity contribution in [2.45, 2.75) is 52.5 Å². The smallest absolute Gasteiger partial charge is 0.119 e. The molecule has 0 saturated carbocycles. The van der Waals surface area contributed by atoms with Crippen molar-refractivity contribution in [3.05, 3.63) is 54.1 Å². The number of nitrogens with one attached hydrogen (secondary N) is 1. The SMILES string of the molecule is CCCCCCCOc1ccc(CNc2ccc(OCC)cc2)cc1. The lowest BCUT2D eigenvalue weighted by atomic mass is 10.2. The predicted octanol–water partition coefficient (Wildman–Crippen LogP) is 6.05. The van der Waals surface area contributed by atoms with Gasteiger partial charge in [0.05, 0.1) is 13.2 Å². The van der Waals surface area contributed by atoms with Gasteiger partial charge in [-0.1, -0.05) is 44.7 Å². The predicted molar refractivity (Wildman–Crippen MR) is 106 cm³/mol. The van der Waals surface area contributed by atoms with Crippen LogP contribution in [0.3, 0.4) is 0 Å². The lowest BCUT2D eigenvalue weighted by Crippen LogP contribution is -2.00. The van der Waals surface area contributed by atoms with Crippen molar-refractivity contribution in [2.75, 3.05) is 18.5 Å². The highest BCUT2D eigenvalue weighted by Crippen LogP contribution is 2.18. The third kappa shape index (κ3) is 7.51. The Bertz CT molecular complexity index is 578. The molecule has 0 aliphatic heterocycles. The van der Waals surface area contributed by atoms with Gasteiger partial charge in [0.2, 0.25) is 0 Å². The quantitative estimate of drug-likeness (QED) is 0.477. The molecular formula is C22H31NO2. The summed E-state index contributed by atoms with van der Waals surface area (Å²) in [4.78, 5) is 0. The second kappa shape index (κ2) is 11.4. The van der Waals surface area contributed by atoms with Crippen LogP contribution < -0.4 is 14.8 Å². The first-order valence-corrected chi connectivity index (χ1v) is 9.50. The monoisotopic (exact) mass is 341 g/mol. The van der Waals surface area contributed by atoms with E-state index in [0.29, 0.717) is 6.61 Å². The van der Waals surface area contributed by atoms with E-state index in [1.165, 1.54) is 31.2 Å². The minimum absolute atomic E-state index is 0.694. The molecule has 2 rings (SSSR count). The minimum atomic E-state index is 0.694. The Morgan fingerprint density at radius 3 is 2.04 bits per heavy atom. The Morgan fingerprint density at radius 2 is 1.36 bits per heavy atom. The maximum atomic E-state index is 5.81. The molecule has 0 radical (unpaired) electrons. The zero-order valence-corrected chi connectivity index (χ0v) is 15.6. The first-order valence-electron chi connectivity index (χ1n) is 9.50. The number of unbranched alkanes of at least 4 members (excludes halogenated alkanes) is 4. The molecule has 3 nitrogen and oxygen atoms in total. The molecule has 0 spiro atoms. The van der Waals surface area contributed by atoms with Crippen molar-refractivity contribution >= 4 is 5.69 Å². The van der Waals surface area contributed by atoms with Gasteiger partial charge in [-0.2, -0.15) is 0 Å². The summed E-state index contributed by atoms with van der Waals surface area (Å²) in [6.07, 6.45) is 6.33. The Morgan fingerprint density at radius 1 is 0.720 bits per heavy atom. The maximum absolute atomic E-state index is 5.81. The largest absolute Gasteiger partial charge is 0.494 e. The second-order valence-corrected chi connectivity index (χ2v) is 6.22. The maximum Gasteiger partial charge on any atom is 0.119 e. The van der Waals surface area contributed by atoms with Crippen LogP contribution in [0.25, 0.3) is 0 Å². The molecule has 0 unspecified atom stereocenters. The zero-order chi connectivity index (χ0) is 17.7. The fourth-order valence-corrected chi connectivity index (χ4v) is 2.64. The van der Waals surface area contributed by atoms with Crippen molar-refractivity contribution < 1.29 is 9.47 Å². The molecule has 2 aromatic carbocycles. The summed E-state index contributed by atoms with van der Waals surface area (Å²) in [6, 6.07) is 16.4. The summed E-state index contributed by atoms with van der Waals surface area (Å²) in [6.45, 7) is 6.54. The van der Waals surface area contributed by atoms with Crippen molar-refractivity contribution in [3.8, 4) is 11.5 Å². The van der Waals surface area contributed by atoms with Crippen LogP contribution in [0.1, 0.15) is 51.5 Å². The van der Waals surface area contributed by atoms with Crippen LogP contribution in [-0.4, -0.2) is 13.2 Å². The van der Waals surface area contributed by atoms with Gasteiger partial charge in [0.15, 0.2) is 0 Å². The molecule has 2 aromatic rings. The third-order valence-corrected chi connectivity index (χ3v) is 4.10. The molecule has 136 valence electrons. The average Bonchev–Trinajstić information content (AvgIpc) is 2.65. The van der Waals surface area contributed by atoms with E-state index in [-0.39, 0.29) is 0 Å². The van der Waals surface area contributed by atoms with E-state index in [1.54, 1.807) is 0 Å². The Kier molecular flexibility index (Phi) is 8.74. The standard InChI is InChI=1S/C22H31NO2/c1-3-5-6-7-8-17-25-22-13-9-19(10-14-22)18-23-20-11-15-21(16-12-20)24-4-2/h9-16,23H,3-8,17-18H2,1-2H3. The highest BCUT2D eigenvalue weighted by atomic mass is 16.5. The molecule has 0 amide bonds. The molecule has 0 aromatic heterocycles. The van der Waals surface area contributed by atoms with E-state index in [1.807, 2.05) is 31.2 Å². The summed E-state index contributed by atoms with van der Waals surface area (Å²) >= 11 is 0. The number of benzene rings is 2. The average molecular weight is 341 g/mol. The number of hydrogen-bond acceptors (Lipinski definition) is 3. The summed E-state index contributed by atoms with van der Waals surface area (Å²) in [5.41, 5.74) is 2.33. The number of anilines is 1. The van der Waals surface area contributed by atoms with Crippen LogP contribution in [-0.2, 0) is 6.54 Å². The number of rotatable bonds is 12. The van der Waals surface area contributed by atoms with Crippen molar-refractivity contribution in [3.63, 3.8) is 0 Å². The summed E-state index contributed by atoms with van der Waals surface area (Å²) in [7, 11) is 0. The lowest BCUT2D eigenvalue weighted by Gasteiger charge is -2.10. The minimum Gasteiger partial charge on any atom is -0.494 e. The van der Waals surface area contributed by atoms with Crippen LogP contribution in [0.2, 0.25) is 0 Å². The number of hydrogen-bond donors (Lipinski definition) is 1. The second-order valence-electron chi connectivity index (χ2n) is 6.22. The van der Waals surface area contributed by atoms with Gasteiger partial charge in [-0.05, 0) is 55.3 Å². The van der Waals surface area contributed by atoms with Gasteiger partial charge in [-0.3, -0.25) is 0 Å². The Hall–Kier alpha value is -2.16. The molecule has 0 atom stereocenters. The molecule has 1 N–H and O–H groups in total. The fourth-order valence-electron chi connectivity index (χ4n) is 2.64. The summed E-state index contributed by atoms with van der Waals surface area (Å²) in [5, 5.41) is 3.43. The van der Waals surface area contributed by atoms with Gasteiger partial charge in [0, 0.05) is 12.2 Å². The van der Waals surface area contributed by atoms with Gasteiger partial charge in [-0.15, -0.1) is 0 Å². The topological polar surface area (TPSA) is 30.5 Å².